The van der Waals surface area contributed by atoms with Crippen molar-refractivity contribution in [3.05, 3.63) is 104 Å². The Kier molecular flexibility index (Phi) is 7.72. The lowest BCUT2D eigenvalue weighted by Crippen LogP contribution is -2.69. The first-order chi connectivity index (χ1) is 22.2. The maximum absolute atomic E-state index is 14.4. The summed E-state index contributed by atoms with van der Waals surface area (Å²) in [6.45, 7) is 9.97. The van der Waals surface area contributed by atoms with Crippen molar-refractivity contribution in [3.8, 4) is 0 Å². The van der Waals surface area contributed by atoms with Crippen molar-refractivity contribution in [3.63, 3.8) is 0 Å². The molecule has 0 amide bonds. The Morgan fingerprint density at radius 1 is 0.809 bits per heavy atom. The lowest BCUT2D eigenvalue weighted by molar-refractivity contribution is -0.385. The summed E-state index contributed by atoms with van der Waals surface area (Å²) < 4.78 is 11.8. The Balaban J connectivity index is 1.35. The number of hydrogen-bond donors (Lipinski definition) is 0. The maximum atomic E-state index is 14.4. The molecule has 0 saturated heterocycles. The summed E-state index contributed by atoms with van der Waals surface area (Å²) in [5, 5.41) is 22.2. The van der Waals surface area contributed by atoms with Crippen molar-refractivity contribution in [1.82, 2.24) is 0 Å². The number of carbonyl (C=O) groups is 4. The highest BCUT2D eigenvalue weighted by molar-refractivity contribution is 6.21. The van der Waals surface area contributed by atoms with Crippen molar-refractivity contribution in [2.75, 3.05) is 13.2 Å². The Hall–Kier alpha value is -5.00. The number of ketones is 2. The van der Waals surface area contributed by atoms with Crippen molar-refractivity contribution < 1.29 is 38.5 Å². The van der Waals surface area contributed by atoms with E-state index in [0.29, 0.717) is 44.1 Å². The Labute approximate surface area is 270 Å². The number of allylic oxidation sites excluding steroid dienone is 2. The molecule has 5 saturated carbocycles. The van der Waals surface area contributed by atoms with Gasteiger partial charge in [0.25, 0.3) is 11.4 Å². The van der Waals surface area contributed by atoms with Gasteiger partial charge in [-0.1, -0.05) is 26.5 Å². The largest absolute Gasteiger partial charge is 0.461 e. The van der Waals surface area contributed by atoms with Gasteiger partial charge < -0.3 is 9.47 Å². The molecule has 1 spiro atoms. The minimum Gasteiger partial charge on any atom is -0.461 e. The fourth-order valence-corrected chi connectivity index (χ4v) is 9.15. The normalized spacial score (nSPS) is 31.0. The molecule has 47 heavy (non-hydrogen) atoms. The van der Waals surface area contributed by atoms with Crippen LogP contribution in [-0.4, -0.2) is 46.6 Å². The SMILES string of the molecule is C=C1C(=O)C23CC[C@@H](CC2[C@]2(COC(=O)c4ccc([N+](=O)[O-])cc4)CCC[C@@](C)(COC(=O)c4ccc([N+](=O)[O-])cc4)C12)C(=C)C3=O. The first-order valence-corrected chi connectivity index (χ1v) is 15.6. The number of non-ortho nitro benzene ring substituents is 2. The fraction of sp³-hybridized carbons (Fsp3) is 0.429. The van der Waals surface area contributed by atoms with Crippen LogP contribution >= 0.6 is 0 Å². The zero-order valence-corrected chi connectivity index (χ0v) is 25.9. The molecule has 3 unspecified atom stereocenters. The predicted octanol–water partition coefficient (Wildman–Crippen LogP) is 5.99. The van der Waals surface area contributed by atoms with Gasteiger partial charge in [0.1, 0.15) is 0 Å². The fourth-order valence-electron chi connectivity index (χ4n) is 9.15. The van der Waals surface area contributed by atoms with Gasteiger partial charge in [-0.15, -0.1) is 0 Å². The Morgan fingerprint density at radius 2 is 1.32 bits per heavy atom. The van der Waals surface area contributed by atoms with Crippen molar-refractivity contribution in [2.45, 2.75) is 45.4 Å². The molecule has 0 heterocycles. The lowest BCUT2D eigenvalue weighted by Gasteiger charge is -2.67. The zero-order valence-electron chi connectivity index (χ0n) is 25.9. The number of fused-ring (bicyclic) bond motifs is 3. The van der Waals surface area contributed by atoms with E-state index in [4.69, 9.17) is 9.47 Å². The summed E-state index contributed by atoms with van der Waals surface area (Å²) in [6.07, 6.45) is 3.24. The number of carbonyl (C=O) groups excluding carboxylic acids is 4. The van der Waals surface area contributed by atoms with Crippen LogP contribution in [0.5, 0.6) is 0 Å². The van der Waals surface area contributed by atoms with E-state index in [-0.39, 0.29) is 58.8 Å². The third-order valence-electron chi connectivity index (χ3n) is 11.2. The molecule has 244 valence electrons. The second kappa shape index (κ2) is 11.4. The summed E-state index contributed by atoms with van der Waals surface area (Å²) in [6, 6.07) is 10.1. The number of ether oxygens (including phenoxy) is 2. The quantitative estimate of drug-likeness (QED) is 0.109. The molecule has 0 radical (unpaired) electrons. The van der Waals surface area contributed by atoms with Crippen LogP contribution in [0.1, 0.15) is 66.2 Å². The van der Waals surface area contributed by atoms with Gasteiger partial charge in [0.2, 0.25) is 0 Å². The van der Waals surface area contributed by atoms with Gasteiger partial charge in [-0.05, 0) is 79.4 Å². The van der Waals surface area contributed by atoms with E-state index in [1.807, 2.05) is 6.92 Å². The highest BCUT2D eigenvalue weighted by Gasteiger charge is 2.73. The van der Waals surface area contributed by atoms with Gasteiger partial charge in [-0.25, -0.2) is 9.59 Å². The number of benzene rings is 2. The third kappa shape index (κ3) is 4.88. The molecule has 7 rings (SSSR count). The van der Waals surface area contributed by atoms with E-state index < -0.39 is 49.9 Å². The van der Waals surface area contributed by atoms with E-state index in [2.05, 4.69) is 13.2 Å². The second-order valence-electron chi connectivity index (χ2n) is 13.6. The summed E-state index contributed by atoms with van der Waals surface area (Å²) in [7, 11) is 0. The maximum Gasteiger partial charge on any atom is 0.338 e. The molecule has 6 atom stereocenters. The van der Waals surface area contributed by atoms with Crippen molar-refractivity contribution >= 4 is 34.9 Å². The van der Waals surface area contributed by atoms with Crippen molar-refractivity contribution in [2.24, 2.45) is 34.0 Å². The summed E-state index contributed by atoms with van der Waals surface area (Å²) in [5.41, 5.74) is -2.50. The molecule has 2 aromatic rings. The molecule has 12 heteroatoms. The number of nitrogens with zero attached hydrogens (tertiary/aromatic N) is 2. The van der Waals surface area contributed by atoms with E-state index in [9.17, 15) is 39.4 Å². The van der Waals surface area contributed by atoms with Crippen LogP contribution < -0.4 is 0 Å². The molecule has 2 bridgehead atoms. The molecule has 12 nitrogen and oxygen atoms in total. The summed E-state index contributed by atoms with van der Waals surface area (Å²) in [4.78, 5) is 75.8. The van der Waals surface area contributed by atoms with Crippen LogP contribution in [-0.2, 0) is 19.1 Å². The third-order valence-corrected chi connectivity index (χ3v) is 11.2. The molecular weight excluding hydrogens is 608 g/mol. The van der Waals surface area contributed by atoms with Crippen LogP contribution in [0, 0.1) is 54.2 Å². The van der Waals surface area contributed by atoms with E-state index in [0.717, 1.165) is 0 Å². The topological polar surface area (TPSA) is 173 Å². The summed E-state index contributed by atoms with van der Waals surface area (Å²) in [5.74, 6) is -3.17. The number of hydrogen-bond acceptors (Lipinski definition) is 10. The molecule has 5 aliphatic carbocycles. The van der Waals surface area contributed by atoms with Crippen molar-refractivity contribution in [1.29, 1.82) is 0 Å². The zero-order chi connectivity index (χ0) is 33.9. The van der Waals surface area contributed by atoms with Crippen LogP contribution in [0.4, 0.5) is 11.4 Å². The number of nitro benzene ring substituents is 2. The highest BCUT2D eigenvalue weighted by Crippen LogP contribution is 2.71. The minimum absolute atomic E-state index is 0.107. The van der Waals surface area contributed by atoms with E-state index >= 15 is 0 Å². The molecule has 0 N–H and O–H groups in total. The first kappa shape index (κ1) is 32.0. The summed E-state index contributed by atoms with van der Waals surface area (Å²) >= 11 is 0. The monoisotopic (exact) mass is 642 g/mol. The standard InChI is InChI=1S/C35H34N2O10/c1-20-24-13-16-35(29(20)38)27(17-24)34(19-47-32(41)23-7-11-26(12-8-23)37(44)45)15-4-14-33(3,28(34)21(2)30(35)39)18-46-31(40)22-5-9-25(10-6-22)36(42)43/h5-12,24,27-28H,1-2,4,13-19H2,3H3/t24-,27?,28?,33-,34+,35?/m0/s1. The molecule has 2 aromatic carbocycles. The van der Waals surface area contributed by atoms with Crippen LogP contribution in [0.2, 0.25) is 0 Å². The molecular formula is C35H34N2O10. The second-order valence-corrected chi connectivity index (χ2v) is 13.6. The van der Waals surface area contributed by atoms with Gasteiger partial charge >= 0.3 is 11.9 Å². The minimum atomic E-state index is -1.35. The highest BCUT2D eigenvalue weighted by atomic mass is 16.6. The molecule has 5 fully saturated rings. The van der Waals surface area contributed by atoms with Gasteiger partial charge in [-0.3, -0.25) is 29.8 Å². The number of nitro groups is 2. The average molecular weight is 643 g/mol. The number of esters is 2. The smallest absolute Gasteiger partial charge is 0.338 e. The number of rotatable bonds is 8. The lowest BCUT2D eigenvalue weighted by atomic mass is 9.35. The predicted molar refractivity (Wildman–Crippen MR) is 166 cm³/mol. The van der Waals surface area contributed by atoms with Gasteiger partial charge in [0, 0.05) is 41.0 Å². The molecule has 0 aliphatic heterocycles. The van der Waals surface area contributed by atoms with Gasteiger partial charge in [0.05, 0.1) is 39.6 Å². The average Bonchev–Trinajstić information content (AvgIpc) is 3.07. The van der Waals surface area contributed by atoms with Crippen LogP contribution in [0.3, 0.4) is 0 Å². The Morgan fingerprint density at radius 3 is 1.85 bits per heavy atom. The van der Waals surface area contributed by atoms with E-state index in [1.54, 1.807) is 0 Å². The van der Waals surface area contributed by atoms with Crippen LogP contribution in [0.15, 0.2) is 72.8 Å². The Bertz CT molecular complexity index is 1750. The number of Topliss-reactive ketones (excluding diaryl/α,β-unsaturated/α-hetero) is 2. The first-order valence-electron chi connectivity index (χ1n) is 15.6. The molecule has 0 aromatic heterocycles. The van der Waals surface area contributed by atoms with Gasteiger partial charge in [-0.2, -0.15) is 0 Å². The van der Waals surface area contributed by atoms with E-state index in [1.165, 1.54) is 48.5 Å². The van der Waals surface area contributed by atoms with Crippen LogP contribution in [0.25, 0.3) is 0 Å². The van der Waals surface area contributed by atoms with Gasteiger partial charge in [0.15, 0.2) is 11.6 Å². The molecule has 5 aliphatic rings.